The zero-order valence-electron chi connectivity index (χ0n) is 11.4. The number of anilines is 1. The zero-order chi connectivity index (χ0) is 14.2. The summed E-state index contributed by atoms with van der Waals surface area (Å²) in [4.78, 5) is 18.2. The highest BCUT2D eigenvalue weighted by atomic mass is 35.5. The van der Waals surface area contributed by atoms with Gasteiger partial charge in [0.1, 0.15) is 11.6 Å². The molecule has 0 saturated heterocycles. The number of carbonyl (C=O) groups is 1. The Morgan fingerprint density at radius 1 is 1.47 bits per heavy atom. The highest BCUT2D eigenvalue weighted by molar-refractivity contribution is 6.37. The predicted octanol–water partition coefficient (Wildman–Crippen LogP) is 1.59. The molecular formula is C13H18ClN4O+. The summed E-state index contributed by atoms with van der Waals surface area (Å²) in [6.45, 7) is 2.58. The van der Waals surface area contributed by atoms with E-state index in [1.165, 1.54) is 6.92 Å². The van der Waals surface area contributed by atoms with Gasteiger partial charge in [-0.05, 0) is 6.07 Å². The third-order valence-corrected chi connectivity index (χ3v) is 3.88. The molecule has 5 nitrogen and oxygen atoms in total. The molecule has 1 aromatic rings. The van der Waals surface area contributed by atoms with Gasteiger partial charge < -0.3 is 10.6 Å². The minimum absolute atomic E-state index is 0.0726. The van der Waals surface area contributed by atoms with Crippen LogP contribution in [0.25, 0.3) is 0 Å². The maximum absolute atomic E-state index is 12.2. The fraction of sp³-hybridized carbons (Fsp3) is 0.385. The molecule has 2 rings (SSSR count). The van der Waals surface area contributed by atoms with Crippen LogP contribution in [0, 0.1) is 0 Å². The highest BCUT2D eigenvalue weighted by Crippen LogP contribution is 2.39. The van der Waals surface area contributed by atoms with Crippen LogP contribution in [0.2, 0.25) is 5.02 Å². The molecule has 0 fully saturated rings. The molecule has 1 atom stereocenters. The molecule has 1 heterocycles. The normalized spacial score (nSPS) is 22.2. The average molecular weight is 282 g/mol. The Labute approximate surface area is 117 Å². The van der Waals surface area contributed by atoms with E-state index >= 15 is 0 Å². The summed E-state index contributed by atoms with van der Waals surface area (Å²) < 4.78 is -0.0828. The van der Waals surface area contributed by atoms with Crippen molar-refractivity contribution in [2.45, 2.75) is 6.92 Å². The number of quaternary nitrogens is 1. The van der Waals surface area contributed by atoms with Crippen LogP contribution in [0.4, 0.5) is 11.4 Å². The maximum atomic E-state index is 12.2. The van der Waals surface area contributed by atoms with Crippen molar-refractivity contribution in [3.63, 3.8) is 0 Å². The topological polar surface area (TPSA) is 58.7 Å². The van der Waals surface area contributed by atoms with Crippen LogP contribution in [0.5, 0.6) is 0 Å². The first-order valence-electron chi connectivity index (χ1n) is 6.07. The van der Waals surface area contributed by atoms with Crippen molar-refractivity contribution in [1.82, 2.24) is 4.48 Å². The first-order valence-corrected chi connectivity index (χ1v) is 6.45. The van der Waals surface area contributed by atoms with Gasteiger partial charge in [-0.2, -0.15) is 4.48 Å². The molecule has 1 aliphatic heterocycles. The second-order valence-corrected chi connectivity index (χ2v) is 5.17. The quantitative estimate of drug-likeness (QED) is 0.838. The van der Waals surface area contributed by atoms with Gasteiger partial charge in [0.15, 0.2) is 5.69 Å². The van der Waals surface area contributed by atoms with Gasteiger partial charge in [0.2, 0.25) is 0 Å². The van der Waals surface area contributed by atoms with Crippen molar-refractivity contribution in [3.05, 3.63) is 23.2 Å². The van der Waals surface area contributed by atoms with Crippen molar-refractivity contribution in [2.75, 3.05) is 32.1 Å². The molecule has 1 amide bonds. The SMILES string of the molecule is CC(=O)[N+]1(c2cccc(N(C)C)c2Cl)CCN=C1N. The Morgan fingerprint density at radius 2 is 2.16 bits per heavy atom. The van der Waals surface area contributed by atoms with E-state index in [0.717, 1.165) is 5.69 Å². The van der Waals surface area contributed by atoms with E-state index < -0.39 is 0 Å². The van der Waals surface area contributed by atoms with E-state index in [1.54, 1.807) is 0 Å². The van der Waals surface area contributed by atoms with Gasteiger partial charge in [-0.15, -0.1) is 0 Å². The van der Waals surface area contributed by atoms with Gasteiger partial charge in [-0.1, -0.05) is 17.7 Å². The molecule has 6 heteroatoms. The number of benzene rings is 1. The average Bonchev–Trinajstić information content (AvgIpc) is 2.72. The second-order valence-electron chi connectivity index (χ2n) is 4.80. The molecule has 1 aliphatic rings. The monoisotopic (exact) mass is 281 g/mol. The van der Waals surface area contributed by atoms with Crippen LogP contribution in [-0.2, 0) is 4.79 Å². The van der Waals surface area contributed by atoms with E-state index in [9.17, 15) is 4.79 Å². The summed E-state index contributed by atoms with van der Waals surface area (Å²) in [5, 5.41) is 0.544. The fourth-order valence-electron chi connectivity index (χ4n) is 2.43. The first kappa shape index (κ1) is 13.8. The Bertz CT molecular complexity index is 556. The molecular weight excluding hydrogens is 264 g/mol. The standard InChI is InChI=1S/C13H18ClN4O/c1-9(19)18(8-7-16-13(18)15)11-6-4-5-10(12(11)14)17(2)3/h4-6H,7-8H2,1-3H3,(H2,15,16)/q+1. The predicted molar refractivity (Wildman–Crippen MR) is 79.6 cm³/mol. The Morgan fingerprint density at radius 3 is 2.63 bits per heavy atom. The molecule has 0 radical (unpaired) electrons. The summed E-state index contributed by atoms with van der Waals surface area (Å²) in [6, 6.07) is 5.63. The molecule has 0 saturated carbocycles. The number of nitrogens with zero attached hydrogens (tertiary/aromatic N) is 3. The minimum Gasteiger partial charge on any atom is -0.376 e. The number of aliphatic imine (C=N–C) groups is 1. The number of carbonyl (C=O) groups excluding carboxylic acids is 1. The summed E-state index contributed by atoms with van der Waals surface area (Å²) in [6.07, 6.45) is 0. The number of rotatable bonds is 2. The van der Waals surface area contributed by atoms with Crippen LogP contribution in [0.15, 0.2) is 23.2 Å². The van der Waals surface area contributed by atoms with Crippen LogP contribution < -0.4 is 15.1 Å². The molecule has 2 N–H and O–H groups in total. The summed E-state index contributed by atoms with van der Waals surface area (Å²) in [5.74, 6) is 0.238. The van der Waals surface area contributed by atoms with Gasteiger partial charge in [0.25, 0.3) is 0 Å². The molecule has 102 valence electrons. The van der Waals surface area contributed by atoms with E-state index in [4.69, 9.17) is 17.3 Å². The van der Waals surface area contributed by atoms with Crippen LogP contribution in [0.1, 0.15) is 6.92 Å². The lowest BCUT2D eigenvalue weighted by molar-refractivity contribution is -0.124. The zero-order valence-corrected chi connectivity index (χ0v) is 12.1. The number of nitrogens with two attached hydrogens (primary N) is 1. The second kappa shape index (κ2) is 4.83. The van der Waals surface area contributed by atoms with Gasteiger partial charge in [0.05, 0.1) is 19.2 Å². The number of amides is 1. The minimum atomic E-state index is -0.0828. The van der Waals surface area contributed by atoms with Crippen molar-refractivity contribution in [1.29, 1.82) is 0 Å². The van der Waals surface area contributed by atoms with Gasteiger partial charge in [0, 0.05) is 20.2 Å². The first-order chi connectivity index (χ1) is 8.91. The molecule has 0 spiro atoms. The van der Waals surface area contributed by atoms with Gasteiger partial charge in [-0.3, -0.25) is 0 Å². The van der Waals surface area contributed by atoms with E-state index in [0.29, 0.717) is 29.8 Å². The fourth-order valence-corrected chi connectivity index (χ4v) is 2.87. The van der Waals surface area contributed by atoms with Crippen molar-refractivity contribution < 1.29 is 4.79 Å². The summed E-state index contributed by atoms with van der Waals surface area (Å²) in [7, 11) is 3.81. The Kier molecular flexibility index (Phi) is 3.52. The lowest BCUT2D eigenvalue weighted by atomic mass is 10.2. The lowest BCUT2D eigenvalue weighted by Gasteiger charge is -2.30. The van der Waals surface area contributed by atoms with E-state index in [2.05, 4.69) is 4.99 Å². The Balaban J connectivity index is 2.66. The lowest BCUT2D eigenvalue weighted by Crippen LogP contribution is -2.59. The smallest absolute Gasteiger partial charge is 0.323 e. The van der Waals surface area contributed by atoms with Crippen molar-refractivity contribution in [3.8, 4) is 0 Å². The molecule has 0 aromatic heterocycles. The maximum Gasteiger partial charge on any atom is 0.323 e. The summed E-state index contributed by atoms with van der Waals surface area (Å²) >= 11 is 6.46. The molecule has 0 bridgehead atoms. The molecule has 19 heavy (non-hydrogen) atoms. The third kappa shape index (κ3) is 1.99. The third-order valence-electron chi connectivity index (χ3n) is 3.49. The number of halogens is 1. The largest absolute Gasteiger partial charge is 0.376 e. The van der Waals surface area contributed by atoms with E-state index in [-0.39, 0.29) is 10.4 Å². The van der Waals surface area contributed by atoms with E-state index in [1.807, 2.05) is 37.2 Å². The van der Waals surface area contributed by atoms with Crippen LogP contribution >= 0.6 is 11.6 Å². The number of guanidine groups is 1. The van der Waals surface area contributed by atoms with Crippen molar-refractivity contribution >= 4 is 34.8 Å². The van der Waals surface area contributed by atoms with Crippen LogP contribution in [-0.4, -0.2) is 39.1 Å². The Hall–Kier alpha value is -1.59. The molecule has 1 unspecified atom stereocenters. The molecule has 1 aromatic carbocycles. The molecule has 0 aliphatic carbocycles. The van der Waals surface area contributed by atoms with Crippen molar-refractivity contribution in [2.24, 2.45) is 10.7 Å². The summed E-state index contributed by atoms with van der Waals surface area (Å²) in [5.41, 5.74) is 7.52. The number of hydrogen-bond acceptors (Lipinski definition) is 4. The number of hydrogen-bond donors (Lipinski definition) is 1. The van der Waals surface area contributed by atoms with Gasteiger partial charge >= 0.3 is 11.9 Å². The van der Waals surface area contributed by atoms with Crippen LogP contribution in [0.3, 0.4) is 0 Å². The van der Waals surface area contributed by atoms with Gasteiger partial charge in [-0.25, -0.2) is 9.79 Å². The highest BCUT2D eigenvalue weighted by Gasteiger charge is 2.46.